The molecule has 0 radical (unpaired) electrons. The van der Waals surface area contributed by atoms with E-state index >= 15 is 0 Å². The van der Waals surface area contributed by atoms with Gasteiger partial charge in [-0.1, -0.05) is 24.3 Å². The Bertz CT molecular complexity index is 978. The SMILES string of the molecule is Cc1cccc(OCC(=O)NCCc2nc3ccccc3n2CCN(C)C)c1C. The van der Waals surface area contributed by atoms with Gasteiger partial charge in [-0.25, -0.2) is 4.98 Å². The molecule has 0 aliphatic heterocycles. The molecule has 29 heavy (non-hydrogen) atoms. The zero-order valence-electron chi connectivity index (χ0n) is 17.7. The van der Waals surface area contributed by atoms with Crippen molar-refractivity contribution in [2.24, 2.45) is 0 Å². The Morgan fingerprint density at radius 3 is 2.72 bits per heavy atom. The number of aromatic nitrogens is 2. The number of hydrogen-bond donors (Lipinski definition) is 1. The molecule has 1 aromatic heterocycles. The molecular formula is C23H30N4O2. The lowest BCUT2D eigenvalue weighted by atomic mass is 10.1. The molecule has 0 atom stereocenters. The van der Waals surface area contributed by atoms with E-state index in [2.05, 4.69) is 34.9 Å². The van der Waals surface area contributed by atoms with Crippen LogP contribution in [-0.2, 0) is 17.8 Å². The van der Waals surface area contributed by atoms with Crippen LogP contribution in [0.4, 0.5) is 0 Å². The normalized spacial score (nSPS) is 11.2. The van der Waals surface area contributed by atoms with Crippen molar-refractivity contribution in [3.8, 4) is 5.75 Å². The summed E-state index contributed by atoms with van der Waals surface area (Å²) in [5, 5.41) is 2.94. The largest absolute Gasteiger partial charge is 0.483 e. The number of benzene rings is 2. The van der Waals surface area contributed by atoms with Crippen molar-refractivity contribution in [2.45, 2.75) is 26.8 Å². The average molecular weight is 395 g/mol. The Labute approximate surface area is 172 Å². The first-order chi connectivity index (χ1) is 14.0. The number of hydrogen-bond acceptors (Lipinski definition) is 4. The number of nitrogens with zero attached hydrogens (tertiary/aromatic N) is 3. The van der Waals surface area contributed by atoms with E-state index in [1.807, 2.05) is 50.2 Å². The molecule has 6 nitrogen and oxygen atoms in total. The van der Waals surface area contributed by atoms with E-state index in [0.29, 0.717) is 13.0 Å². The molecule has 6 heteroatoms. The maximum atomic E-state index is 12.2. The van der Waals surface area contributed by atoms with Crippen molar-refractivity contribution in [1.29, 1.82) is 0 Å². The molecule has 0 fully saturated rings. The van der Waals surface area contributed by atoms with Gasteiger partial charge >= 0.3 is 0 Å². The third-order valence-corrected chi connectivity index (χ3v) is 5.09. The van der Waals surface area contributed by atoms with Gasteiger partial charge in [0.1, 0.15) is 11.6 Å². The van der Waals surface area contributed by atoms with E-state index in [-0.39, 0.29) is 12.5 Å². The van der Waals surface area contributed by atoms with Gasteiger partial charge in [-0.3, -0.25) is 4.79 Å². The van der Waals surface area contributed by atoms with Crippen LogP contribution in [-0.4, -0.2) is 54.1 Å². The molecule has 3 rings (SSSR count). The number of carbonyl (C=O) groups is 1. The summed E-state index contributed by atoms with van der Waals surface area (Å²) in [6.07, 6.45) is 0.678. The standard InChI is InChI=1S/C23H30N4O2/c1-17-8-7-11-21(18(17)2)29-16-23(28)24-13-12-22-25-19-9-5-6-10-20(19)27(22)15-14-26(3)4/h5-11H,12-16H2,1-4H3,(H,24,28). The molecule has 3 aromatic rings. The Morgan fingerprint density at radius 1 is 1.14 bits per heavy atom. The first-order valence-corrected chi connectivity index (χ1v) is 10.0. The smallest absolute Gasteiger partial charge is 0.257 e. The molecule has 154 valence electrons. The number of imidazole rings is 1. The Kier molecular flexibility index (Phi) is 6.88. The lowest BCUT2D eigenvalue weighted by Gasteiger charge is -2.14. The molecule has 1 N–H and O–H groups in total. The van der Waals surface area contributed by atoms with Crippen LogP contribution in [0.2, 0.25) is 0 Å². The number of amides is 1. The summed E-state index contributed by atoms with van der Waals surface area (Å²) in [7, 11) is 4.13. The fourth-order valence-corrected chi connectivity index (χ4v) is 3.25. The monoisotopic (exact) mass is 394 g/mol. The molecule has 0 bridgehead atoms. The minimum Gasteiger partial charge on any atom is -0.483 e. The Morgan fingerprint density at radius 2 is 1.93 bits per heavy atom. The van der Waals surface area contributed by atoms with E-state index in [4.69, 9.17) is 9.72 Å². The maximum absolute atomic E-state index is 12.2. The minimum atomic E-state index is -0.123. The Hall–Kier alpha value is -2.86. The van der Waals surface area contributed by atoms with Gasteiger partial charge in [0, 0.05) is 26.1 Å². The predicted molar refractivity (Wildman–Crippen MR) is 116 cm³/mol. The van der Waals surface area contributed by atoms with Gasteiger partial charge in [0.25, 0.3) is 5.91 Å². The summed E-state index contributed by atoms with van der Waals surface area (Å²) in [6, 6.07) is 14.0. The molecule has 1 amide bonds. The third kappa shape index (κ3) is 5.35. The number of likely N-dealkylation sites (N-methyl/N-ethyl adjacent to an activating group) is 1. The highest BCUT2D eigenvalue weighted by molar-refractivity contribution is 5.78. The molecule has 0 saturated carbocycles. The van der Waals surface area contributed by atoms with Crippen molar-refractivity contribution >= 4 is 16.9 Å². The average Bonchev–Trinajstić information content (AvgIpc) is 3.05. The molecule has 1 heterocycles. The summed E-state index contributed by atoms with van der Waals surface area (Å²) in [5.41, 5.74) is 4.34. The molecular weight excluding hydrogens is 364 g/mol. The van der Waals surface area contributed by atoms with Crippen LogP contribution in [0.1, 0.15) is 17.0 Å². The summed E-state index contributed by atoms with van der Waals surface area (Å²) in [4.78, 5) is 19.1. The number of carbonyl (C=O) groups excluding carboxylic acids is 1. The van der Waals surface area contributed by atoms with Gasteiger partial charge < -0.3 is 19.5 Å². The minimum absolute atomic E-state index is 0.0152. The van der Waals surface area contributed by atoms with Crippen LogP contribution >= 0.6 is 0 Å². The lowest BCUT2D eigenvalue weighted by Crippen LogP contribution is -2.31. The van der Waals surface area contributed by atoms with Crippen LogP contribution in [0.15, 0.2) is 42.5 Å². The molecule has 0 spiro atoms. The number of para-hydroxylation sites is 2. The number of fused-ring (bicyclic) bond motifs is 1. The van der Waals surface area contributed by atoms with Crippen LogP contribution in [0.5, 0.6) is 5.75 Å². The van der Waals surface area contributed by atoms with E-state index in [9.17, 15) is 4.79 Å². The maximum Gasteiger partial charge on any atom is 0.257 e. The van der Waals surface area contributed by atoms with E-state index in [1.54, 1.807) is 0 Å². The van der Waals surface area contributed by atoms with Crippen LogP contribution in [0.25, 0.3) is 11.0 Å². The summed E-state index contributed by atoms with van der Waals surface area (Å²) in [5.74, 6) is 1.62. The highest BCUT2D eigenvalue weighted by Crippen LogP contribution is 2.20. The van der Waals surface area contributed by atoms with Crippen LogP contribution in [0, 0.1) is 13.8 Å². The number of nitrogens with one attached hydrogen (secondary N) is 1. The fraction of sp³-hybridized carbons (Fsp3) is 0.391. The number of ether oxygens (including phenoxy) is 1. The zero-order chi connectivity index (χ0) is 20.8. The van der Waals surface area contributed by atoms with E-state index in [1.165, 1.54) is 0 Å². The zero-order valence-corrected chi connectivity index (χ0v) is 17.7. The van der Waals surface area contributed by atoms with Gasteiger partial charge in [-0.05, 0) is 57.3 Å². The van der Waals surface area contributed by atoms with E-state index < -0.39 is 0 Å². The van der Waals surface area contributed by atoms with Gasteiger partial charge in [-0.2, -0.15) is 0 Å². The highest BCUT2D eigenvalue weighted by atomic mass is 16.5. The topological polar surface area (TPSA) is 59.4 Å². The first kappa shape index (κ1) is 20.9. The number of rotatable bonds is 9. The lowest BCUT2D eigenvalue weighted by molar-refractivity contribution is -0.123. The molecule has 0 aliphatic rings. The molecule has 0 aliphatic carbocycles. The van der Waals surface area contributed by atoms with Crippen LogP contribution in [0.3, 0.4) is 0 Å². The van der Waals surface area contributed by atoms with Crippen molar-refractivity contribution in [3.05, 3.63) is 59.4 Å². The van der Waals surface area contributed by atoms with Gasteiger partial charge in [0.2, 0.25) is 0 Å². The quantitative estimate of drug-likeness (QED) is 0.606. The van der Waals surface area contributed by atoms with Gasteiger partial charge in [0.05, 0.1) is 11.0 Å². The summed E-state index contributed by atoms with van der Waals surface area (Å²) < 4.78 is 7.92. The Balaban J connectivity index is 1.57. The molecule has 2 aromatic carbocycles. The second-order valence-corrected chi connectivity index (χ2v) is 7.56. The highest BCUT2D eigenvalue weighted by Gasteiger charge is 2.11. The molecule has 0 unspecified atom stereocenters. The van der Waals surface area contributed by atoms with Crippen molar-refractivity contribution in [1.82, 2.24) is 19.8 Å². The molecule has 0 saturated heterocycles. The second kappa shape index (κ2) is 9.56. The third-order valence-electron chi connectivity index (χ3n) is 5.09. The van der Waals surface area contributed by atoms with E-state index in [0.717, 1.165) is 46.8 Å². The van der Waals surface area contributed by atoms with Crippen molar-refractivity contribution < 1.29 is 9.53 Å². The summed E-state index contributed by atoms with van der Waals surface area (Å²) >= 11 is 0. The van der Waals surface area contributed by atoms with Crippen molar-refractivity contribution in [2.75, 3.05) is 33.8 Å². The van der Waals surface area contributed by atoms with Crippen LogP contribution < -0.4 is 10.1 Å². The second-order valence-electron chi connectivity index (χ2n) is 7.56. The fourth-order valence-electron chi connectivity index (χ4n) is 3.25. The predicted octanol–water partition coefficient (Wildman–Crippen LogP) is 2.95. The van der Waals surface area contributed by atoms with Gasteiger partial charge in [0.15, 0.2) is 6.61 Å². The summed E-state index contributed by atoms with van der Waals surface area (Å²) in [6.45, 7) is 6.38. The first-order valence-electron chi connectivity index (χ1n) is 10.0. The van der Waals surface area contributed by atoms with Gasteiger partial charge in [-0.15, -0.1) is 0 Å². The van der Waals surface area contributed by atoms with Crippen molar-refractivity contribution in [3.63, 3.8) is 0 Å². The number of aryl methyl sites for hydroxylation is 1.